The third-order valence-corrected chi connectivity index (χ3v) is 4.94. The quantitative estimate of drug-likeness (QED) is 0.485. The molecule has 0 spiro atoms. The summed E-state index contributed by atoms with van der Waals surface area (Å²) in [4.78, 5) is 11.8. The van der Waals surface area contributed by atoms with Crippen LogP contribution in [0.3, 0.4) is 0 Å². The Balaban J connectivity index is 2.42. The number of Topliss-reactive ketones (excluding diaryl/α,β-unsaturated/α-hetero) is 1. The number of carbonyl (C=O) groups excluding carboxylic acids is 1. The minimum Gasteiger partial charge on any atom is -0.298 e. The summed E-state index contributed by atoms with van der Waals surface area (Å²) in [6.07, 6.45) is 3.53. The van der Waals surface area contributed by atoms with Crippen LogP contribution in [0.25, 0.3) is 0 Å². The van der Waals surface area contributed by atoms with Crippen LogP contribution in [-0.2, 0) is 4.79 Å². The first-order valence-electron chi connectivity index (χ1n) is 4.21. The van der Waals surface area contributed by atoms with Crippen molar-refractivity contribution < 1.29 is 4.79 Å². The van der Waals surface area contributed by atoms with E-state index in [0.717, 1.165) is 12.8 Å². The zero-order chi connectivity index (χ0) is 8.28. The topological polar surface area (TPSA) is 17.1 Å². The maximum absolute atomic E-state index is 11.8. The van der Waals surface area contributed by atoms with Crippen LogP contribution in [0.4, 0.5) is 0 Å². The smallest absolute Gasteiger partial charge is 0.154 e. The van der Waals surface area contributed by atoms with Gasteiger partial charge in [-0.1, -0.05) is 36.4 Å². The van der Waals surface area contributed by atoms with Crippen molar-refractivity contribution in [2.24, 2.45) is 11.3 Å². The molecule has 0 aromatic rings. The number of ketones is 1. The molecule has 0 aromatic carbocycles. The molecule has 62 valence electrons. The highest BCUT2D eigenvalue weighted by atomic mass is 127. The molecule has 2 heteroatoms. The van der Waals surface area contributed by atoms with Gasteiger partial charge >= 0.3 is 0 Å². The number of fused-ring (bicyclic) bond motifs is 2. The highest BCUT2D eigenvalue weighted by molar-refractivity contribution is 14.1. The van der Waals surface area contributed by atoms with Crippen LogP contribution in [0.5, 0.6) is 0 Å². The lowest BCUT2D eigenvalue weighted by Crippen LogP contribution is -2.37. The number of rotatable bonds is 0. The second-order valence-electron chi connectivity index (χ2n) is 4.46. The van der Waals surface area contributed by atoms with E-state index in [9.17, 15) is 4.79 Å². The van der Waals surface area contributed by atoms with Crippen molar-refractivity contribution in [3.05, 3.63) is 0 Å². The Kier molecular flexibility index (Phi) is 1.46. The molecule has 2 aliphatic rings. The lowest BCUT2D eigenvalue weighted by atomic mass is 9.76. The van der Waals surface area contributed by atoms with Crippen LogP contribution >= 0.6 is 22.6 Å². The Labute approximate surface area is 81.1 Å². The predicted octanol–water partition coefficient (Wildman–Crippen LogP) is 2.57. The highest BCUT2D eigenvalue weighted by Crippen LogP contribution is 2.59. The third kappa shape index (κ3) is 0.849. The lowest BCUT2D eigenvalue weighted by Gasteiger charge is -2.30. The van der Waals surface area contributed by atoms with Crippen LogP contribution in [-0.4, -0.2) is 9.20 Å². The van der Waals surface area contributed by atoms with Crippen molar-refractivity contribution in [3.63, 3.8) is 0 Å². The SMILES string of the molecule is CC1(C)C(=O)C2(I)CCC1C2. The summed E-state index contributed by atoms with van der Waals surface area (Å²) in [6.45, 7) is 4.22. The summed E-state index contributed by atoms with van der Waals surface area (Å²) in [6, 6.07) is 0. The van der Waals surface area contributed by atoms with E-state index in [4.69, 9.17) is 0 Å². The molecule has 2 atom stereocenters. The maximum Gasteiger partial charge on any atom is 0.154 e. The van der Waals surface area contributed by atoms with E-state index in [-0.39, 0.29) is 8.84 Å². The largest absolute Gasteiger partial charge is 0.298 e. The zero-order valence-corrected chi connectivity index (χ0v) is 9.14. The van der Waals surface area contributed by atoms with Gasteiger partial charge in [-0.2, -0.15) is 0 Å². The van der Waals surface area contributed by atoms with Gasteiger partial charge in [-0.25, -0.2) is 0 Å². The van der Waals surface area contributed by atoms with Gasteiger partial charge < -0.3 is 0 Å². The molecule has 2 aliphatic carbocycles. The molecule has 0 amide bonds. The molecule has 0 saturated heterocycles. The molecule has 0 N–H and O–H groups in total. The van der Waals surface area contributed by atoms with E-state index < -0.39 is 0 Å². The summed E-state index contributed by atoms with van der Waals surface area (Å²) in [5, 5.41) is 0. The number of hydrogen-bond donors (Lipinski definition) is 0. The first-order valence-corrected chi connectivity index (χ1v) is 5.28. The van der Waals surface area contributed by atoms with Crippen LogP contribution in [0, 0.1) is 11.3 Å². The van der Waals surface area contributed by atoms with E-state index in [1.54, 1.807) is 0 Å². The van der Waals surface area contributed by atoms with Crippen molar-refractivity contribution in [1.29, 1.82) is 0 Å². The van der Waals surface area contributed by atoms with E-state index in [0.29, 0.717) is 11.7 Å². The first-order chi connectivity index (χ1) is 4.97. The molecule has 0 aliphatic heterocycles. The number of alkyl halides is 1. The van der Waals surface area contributed by atoms with Gasteiger partial charge in [0.1, 0.15) is 0 Å². The minimum atomic E-state index is -0.0144. The van der Waals surface area contributed by atoms with Gasteiger partial charge in [0.05, 0.1) is 3.42 Å². The lowest BCUT2D eigenvalue weighted by molar-refractivity contribution is -0.128. The Bertz CT molecular complexity index is 215. The number of carbonyl (C=O) groups is 1. The summed E-state index contributed by atoms with van der Waals surface area (Å²) < 4.78 is 0.0337. The molecular formula is C9H13IO. The van der Waals surface area contributed by atoms with E-state index in [2.05, 4.69) is 36.4 Å². The zero-order valence-electron chi connectivity index (χ0n) is 6.98. The molecule has 11 heavy (non-hydrogen) atoms. The monoisotopic (exact) mass is 264 g/mol. The predicted molar refractivity (Wildman–Crippen MR) is 52.9 cm³/mol. The van der Waals surface area contributed by atoms with Gasteiger partial charge in [0.15, 0.2) is 5.78 Å². The van der Waals surface area contributed by atoms with Gasteiger partial charge in [0, 0.05) is 5.41 Å². The summed E-state index contributed by atoms with van der Waals surface area (Å²) in [5.74, 6) is 1.17. The second kappa shape index (κ2) is 2.01. The molecule has 2 bridgehead atoms. The van der Waals surface area contributed by atoms with Crippen molar-refractivity contribution >= 4 is 28.4 Å². The normalized spacial score (nSPS) is 46.8. The molecule has 0 heterocycles. The fraction of sp³-hybridized carbons (Fsp3) is 0.889. The van der Waals surface area contributed by atoms with Crippen LogP contribution < -0.4 is 0 Å². The van der Waals surface area contributed by atoms with E-state index in [1.165, 1.54) is 6.42 Å². The van der Waals surface area contributed by atoms with Crippen LogP contribution in [0.15, 0.2) is 0 Å². The molecular weight excluding hydrogens is 251 g/mol. The Morgan fingerprint density at radius 3 is 2.45 bits per heavy atom. The highest BCUT2D eigenvalue weighted by Gasteiger charge is 2.60. The molecule has 1 nitrogen and oxygen atoms in total. The summed E-state index contributed by atoms with van der Waals surface area (Å²) >= 11 is 2.37. The fourth-order valence-corrected chi connectivity index (χ4v) is 4.12. The number of hydrogen-bond acceptors (Lipinski definition) is 1. The summed E-state index contributed by atoms with van der Waals surface area (Å²) in [7, 11) is 0. The minimum absolute atomic E-state index is 0.0144. The Morgan fingerprint density at radius 1 is 1.55 bits per heavy atom. The molecule has 2 fully saturated rings. The Morgan fingerprint density at radius 2 is 2.18 bits per heavy atom. The van der Waals surface area contributed by atoms with Crippen molar-refractivity contribution in [2.75, 3.05) is 0 Å². The maximum atomic E-state index is 11.8. The van der Waals surface area contributed by atoms with Crippen molar-refractivity contribution in [1.82, 2.24) is 0 Å². The first kappa shape index (κ1) is 8.02. The van der Waals surface area contributed by atoms with Gasteiger partial charge in [-0.05, 0) is 25.2 Å². The molecule has 2 rings (SSSR count). The molecule has 2 saturated carbocycles. The fourth-order valence-electron chi connectivity index (χ4n) is 2.58. The van der Waals surface area contributed by atoms with E-state index in [1.807, 2.05) is 0 Å². The van der Waals surface area contributed by atoms with Crippen molar-refractivity contribution in [3.8, 4) is 0 Å². The third-order valence-electron chi connectivity index (χ3n) is 3.47. The average molecular weight is 264 g/mol. The van der Waals surface area contributed by atoms with E-state index >= 15 is 0 Å². The Hall–Kier alpha value is 0.400. The standard InChI is InChI=1S/C9H13IO/c1-8(2)6-3-4-9(10,5-6)7(8)11/h6H,3-5H2,1-2H3. The molecule has 2 unspecified atom stereocenters. The summed E-state index contributed by atoms with van der Waals surface area (Å²) in [5.41, 5.74) is -0.0144. The van der Waals surface area contributed by atoms with Gasteiger partial charge in [-0.3, -0.25) is 4.79 Å². The molecule has 0 radical (unpaired) electrons. The second-order valence-corrected chi connectivity index (χ2v) is 6.52. The van der Waals surface area contributed by atoms with Crippen molar-refractivity contribution in [2.45, 2.75) is 36.5 Å². The van der Waals surface area contributed by atoms with Gasteiger partial charge in [0.25, 0.3) is 0 Å². The average Bonchev–Trinajstić information content (AvgIpc) is 2.36. The van der Waals surface area contributed by atoms with Crippen LogP contribution in [0.1, 0.15) is 33.1 Å². The van der Waals surface area contributed by atoms with Gasteiger partial charge in [-0.15, -0.1) is 0 Å². The van der Waals surface area contributed by atoms with Gasteiger partial charge in [0.2, 0.25) is 0 Å². The van der Waals surface area contributed by atoms with Crippen LogP contribution in [0.2, 0.25) is 0 Å². The number of halogens is 1. The molecule has 0 aromatic heterocycles.